The summed E-state index contributed by atoms with van der Waals surface area (Å²) in [5, 5.41) is 9.07. The van der Waals surface area contributed by atoms with E-state index in [0.717, 1.165) is 23.9 Å². The predicted octanol–water partition coefficient (Wildman–Crippen LogP) is 1.71. The smallest absolute Gasteiger partial charge is 0.131 e. The molecule has 0 amide bonds. The maximum Gasteiger partial charge on any atom is 0.131 e. The molecule has 1 aliphatic rings. The first-order valence-electron chi connectivity index (χ1n) is 4.45. The van der Waals surface area contributed by atoms with E-state index in [4.69, 9.17) is 5.11 Å². The number of hydrogen-bond donors (Lipinski definition) is 1. The third-order valence-electron chi connectivity index (χ3n) is 2.42. The average Bonchev–Trinajstić information content (AvgIpc) is 2.01. The minimum absolute atomic E-state index is 0.0225. The molecule has 1 N–H and O–H groups in total. The van der Waals surface area contributed by atoms with Crippen LogP contribution >= 0.6 is 0 Å². The lowest BCUT2D eigenvalue weighted by Gasteiger charge is -2.32. The summed E-state index contributed by atoms with van der Waals surface area (Å²) < 4.78 is 0. The summed E-state index contributed by atoms with van der Waals surface area (Å²) in [5.74, 6) is -0.266. The van der Waals surface area contributed by atoms with E-state index in [1.165, 1.54) is 0 Å². The number of hydrogen-bond acceptors (Lipinski definition) is 2. The molecule has 2 nitrogen and oxygen atoms in total. The van der Waals surface area contributed by atoms with Gasteiger partial charge in [-0.1, -0.05) is 32.1 Å². The first-order chi connectivity index (χ1) is 6.00. The van der Waals surface area contributed by atoms with Crippen LogP contribution in [-0.4, -0.2) is 18.0 Å². The molecule has 72 valence electrons. The largest absolute Gasteiger partial charge is 0.392 e. The van der Waals surface area contributed by atoms with Crippen LogP contribution in [0.2, 0.25) is 0 Å². The van der Waals surface area contributed by atoms with Crippen LogP contribution in [0, 0.1) is 11.3 Å². The molecule has 0 spiro atoms. The van der Waals surface area contributed by atoms with Gasteiger partial charge in [-0.05, 0) is 17.4 Å². The van der Waals surface area contributed by atoms with Gasteiger partial charge in [0.15, 0.2) is 0 Å². The van der Waals surface area contributed by atoms with E-state index >= 15 is 0 Å². The van der Waals surface area contributed by atoms with Gasteiger partial charge < -0.3 is 9.90 Å². The van der Waals surface area contributed by atoms with Crippen LogP contribution < -0.4 is 0 Å². The molecule has 0 aromatic rings. The van der Waals surface area contributed by atoms with Gasteiger partial charge >= 0.3 is 0 Å². The maximum atomic E-state index is 10.7. The Morgan fingerprint density at radius 1 is 1.77 bits per heavy atom. The van der Waals surface area contributed by atoms with Crippen LogP contribution in [0.4, 0.5) is 0 Å². The predicted molar refractivity (Wildman–Crippen MR) is 52.3 cm³/mol. The van der Waals surface area contributed by atoms with E-state index in [-0.39, 0.29) is 17.9 Å². The van der Waals surface area contributed by atoms with Crippen molar-refractivity contribution in [2.45, 2.75) is 20.3 Å². The lowest BCUT2D eigenvalue weighted by molar-refractivity contribution is -0.109. The highest BCUT2D eigenvalue weighted by Crippen LogP contribution is 2.38. The number of aldehydes is 1. The van der Waals surface area contributed by atoms with Gasteiger partial charge in [-0.25, -0.2) is 0 Å². The first-order valence-corrected chi connectivity index (χ1v) is 4.45. The van der Waals surface area contributed by atoms with E-state index < -0.39 is 0 Å². The zero-order valence-electron chi connectivity index (χ0n) is 8.21. The molecule has 2 heteroatoms. The van der Waals surface area contributed by atoms with E-state index in [1.54, 1.807) is 0 Å². The molecule has 1 rings (SSSR count). The standard InChI is InChI=1S/C11H16O2/c1-8-4-11(2,3)5-9(6-12)10(8)7-13/h5,7,10,12H,1,4,6H2,2-3H3. The summed E-state index contributed by atoms with van der Waals surface area (Å²) in [4.78, 5) is 10.7. The van der Waals surface area contributed by atoms with Gasteiger partial charge in [-0.2, -0.15) is 0 Å². The van der Waals surface area contributed by atoms with Crippen molar-refractivity contribution in [2.75, 3.05) is 6.61 Å². The van der Waals surface area contributed by atoms with Gasteiger partial charge in [0.25, 0.3) is 0 Å². The summed E-state index contributed by atoms with van der Waals surface area (Å²) >= 11 is 0. The van der Waals surface area contributed by atoms with Crippen molar-refractivity contribution in [1.29, 1.82) is 0 Å². The highest BCUT2D eigenvalue weighted by Gasteiger charge is 2.29. The number of rotatable bonds is 2. The minimum Gasteiger partial charge on any atom is -0.392 e. The number of aliphatic hydroxyl groups excluding tert-OH is 1. The number of carbonyl (C=O) groups is 1. The maximum absolute atomic E-state index is 10.7. The van der Waals surface area contributed by atoms with Crippen molar-refractivity contribution >= 4 is 6.29 Å². The van der Waals surface area contributed by atoms with Gasteiger partial charge in [0.2, 0.25) is 0 Å². The Hall–Kier alpha value is -0.890. The van der Waals surface area contributed by atoms with Crippen molar-refractivity contribution in [2.24, 2.45) is 11.3 Å². The molecular formula is C11H16O2. The summed E-state index contributed by atoms with van der Waals surface area (Å²) in [6.45, 7) is 7.98. The van der Waals surface area contributed by atoms with E-state index in [1.807, 2.05) is 6.08 Å². The molecule has 1 unspecified atom stereocenters. The normalized spacial score (nSPS) is 26.8. The summed E-state index contributed by atoms with van der Waals surface area (Å²) in [7, 11) is 0. The average molecular weight is 180 g/mol. The second-order valence-corrected chi connectivity index (χ2v) is 4.31. The van der Waals surface area contributed by atoms with Gasteiger partial charge in [-0.15, -0.1) is 0 Å². The van der Waals surface area contributed by atoms with Gasteiger partial charge in [0.05, 0.1) is 12.5 Å². The van der Waals surface area contributed by atoms with Crippen molar-refractivity contribution < 1.29 is 9.90 Å². The van der Waals surface area contributed by atoms with Crippen molar-refractivity contribution in [1.82, 2.24) is 0 Å². The summed E-state index contributed by atoms with van der Waals surface area (Å²) in [6, 6.07) is 0. The fraction of sp³-hybridized carbons (Fsp3) is 0.545. The Morgan fingerprint density at radius 2 is 2.38 bits per heavy atom. The van der Waals surface area contributed by atoms with Crippen LogP contribution in [0.3, 0.4) is 0 Å². The fourth-order valence-electron chi connectivity index (χ4n) is 1.93. The Morgan fingerprint density at radius 3 is 2.85 bits per heavy atom. The zero-order valence-corrected chi connectivity index (χ0v) is 8.21. The molecule has 0 aromatic carbocycles. The van der Waals surface area contributed by atoms with Gasteiger partial charge in [0, 0.05) is 0 Å². The molecule has 0 saturated heterocycles. The highest BCUT2D eigenvalue weighted by atomic mass is 16.3. The topological polar surface area (TPSA) is 37.3 Å². The molecule has 1 atom stereocenters. The molecule has 0 aliphatic heterocycles. The Bertz CT molecular complexity index is 261. The monoisotopic (exact) mass is 180 g/mol. The molecular weight excluding hydrogens is 164 g/mol. The summed E-state index contributed by atoms with van der Waals surface area (Å²) in [5.41, 5.74) is 1.72. The van der Waals surface area contributed by atoms with Crippen LogP contribution in [-0.2, 0) is 4.79 Å². The number of aliphatic hydroxyl groups is 1. The molecule has 0 radical (unpaired) electrons. The molecule has 0 fully saturated rings. The van der Waals surface area contributed by atoms with E-state index in [0.29, 0.717) is 0 Å². The lowest BCUT2D eigenvalue weighted by Crippen LogP contribution is -2.24. The number of carbonyl (C=O) groups excluding carboxylic acids is 1. The Labute approximate surface area is 79.0 Å². The lowest BCUT2D eigenvalue weighted by atomic mass is 9.73. The first kappa shape index (κ1) is 10.2. The Kier molecular flexibility index (Phi) is 2.71. The minimum atomic E-state index is -0.266. The third kappa shape index (κ3) is 2.07. The van der Waals surface area contributed by atoms with Gasteiger partial charge in [-0.3, -0.25) is 0 Å². The van der Waals surface area contributed by atoms with Crippen molar-refractivity contribution in [3.8, 4) is 0 Å². The molecule has 0 aromatic heterocycles. The fourth-order valence-corrected chi connectivity index (χ4v) is 1.93. The molecule has 1 aliphatic carbocycles. The van der Waals surface area contributed by atoms with Crippen LogP contribution in [0.25, 0.3) is 0 Å². The highest BCUT2D eigenvalue weighted by molar-refractivity contribution is 5.65. The molecule has 0 bridgehead atoms. The van der Waals surface area contributed by atoms with Crippen LogP contribution in [0.5, 0.6) is 0 Å². The second kappa shape index (κ2) is 3.46. The van der Waals surface area contributed by atoms with Crippen molar-refractivity contribution in [3.63, 3.8) is 0 Å². The molecule has 0 saturated carbocycles. The van der Waals surface area contributed by atoms with Crippen LogP contribution in [0.1, 0.15) is 20.3 Å². The van der Waals surface area contributed by atoms with Gasteiger partial charge in [0.1, 0.15) is 6.29 Å². The molecule has 13 heavy (non-hydrogen) atoms. The SMILES string of the molecule is C=C1CC(C)(C)C=C(CO)C1C=O. The number of allylic oxidation sites excluding steroid dienone is 2. The summed E-state index contributed by atoms with van der Waals surface area (Å²) in [6.07, 6.45) is 3.67. The van der Waals surface area contributed by atoms with Crippen LogP contribution in [0.15, 0.2) is 23.8 Å². The molecule has 0 heterocycles. The Balaban J connectivity index is 3.03. The van der Waals surface area contributed by atoms with Crippen molar-refractivity contribution in [3.05, 3.63) is 23.8 Å². The quantitative estimate of drug-likeness (QED) is 0.519. The third-order valence-corrected chi connectivity index (χ3v) is 2.42. The van der Waals surface area contributed by atoms with E-state index in [9.17, 15) is 4.79 Å². The second-order valence-electron chi connectivity index (χ2n) is 4.31. The zero-order chi connectivity index (χ0) is 10.1. The van der Waals surface area contributed by atoms with E-state index in [2.05, 4.69) is 20.4 Å².